The number of rotatable bonds is 3. The van der Waals surface area contributed by atoms with Crippen LogP contribution in [0.4, 0.5) is 4.39 Å². The van der Waals surface area contributed by atoms with Gasteiger partial charge in [0.1, 0.15) is 11.6 Å². The Morgan fingerprint density at radius 3 is 2.71 bits per heavy atom. The first kappa shape index (κ1) is 11.8. The molecule has 1 aromatic carbocycles. The predicted molar refractivity (Wildman–Crippen MR) is 64.9 cm³/mol. The Bertz CT molecular complexity index is 517. The smallest absolute Gasteiger partial charge is 0.128 e. The van der Waals surface area contributed by atoms with Gasteiger partial charge in [0.15, 0.2) is 0 Å². The highest BCUT2D eigenvalue weighted by atomic mass is 19.1. The van der Waals surface area contributed by atoms with Gasteiger partial charge >= 0.3 is 0 Å². The molecule has 90 valence electrons. The molecule has 4 heteroatoms. The molecule has 0 saturated heterocycles. The summed E-state index contributed by atoms with van der Waals surface area (Å²) in [5.41, 5.74) is 5.96. The van der Waals surface area contributed by atoms with Crippen LogP contribution in [-0.2, 0) is 19.0 Å². The molecule has 1 heterocycles. The van der Waals surface area contributed by atoms with E-state index in [1.165, 1.54) is 6.07 Å². The van der Waals surface area contributed by atoms with Gasteiger partial charge in [-0.2, -0.15) is 0 Å². The summed E-state index contributed by atoms with van der Waals surface area (Å²) in [4.78, 5) is 4.22. The Balaban J connectivity index is 2.31. The van der Waals surface area contributed by atoms with Crippen LogP contribution in [0.25, 0.3) is 0 Å². The van der Waals surface area contributed by atoms with E-state index >= 15 is 0 Å². The molecule has 0 amide bonds. The maximum atomic E-state index is 13.7. The van der Waals surface area contributed by atoms with Gasteiger partial charge in [-0.05, 0) is 13.0 Å². The Labute approximate surface area is 100 Å². The Morgan fingerprint density at radius 1 is 1.41 bits per heavy atom. The van der Waals surface area contributed by atoms with Crippen LogP contribution < -0.4 is 5.73 Å². The van der Waals surface area contributed by atoms with Gasteiger partial charge in [0, 0.05) is 37.0 Å². The molecular weight excluding hydrogens is 217 g/mol. The van der Waals surface area contributed by atoms with Crippen LogP contribution in [-0.4, -0.2) is 9.55 Å². The van der Waals surface area contributed by atoms with Gasteiger partial charge in [-0.3, -0.25) is 0 Å². The molecule has 0 fully saturated rings. The van der Waals surface area contributed by atoms with Crippen LogP contribution >= 0.6 is 0 Å². The highest BCUT2D eigenvalue weighted by Gasteiger charge is 2.26. The average molecular weight is 233 g/mol. The largest absolute Gasteiger partial charge is 0.338 e. The van der Waals surface area contributed by atoms with E-state index < -0.39 is 5.54 Å². The van der Waals surface area contributed by atoms with Crippen molar-refractivity contribution in [2.45, 2.75) is 18.9 Å². The van der Waals surface area contributed by atoms with Gasteiger partial charge in [-0.25, -0.2) is 9.37 Å². The second-order valence-corrected chi connectivity index (χ2v) is 4.53. The summed E-state index contributed by atoms with van der Waals surface area (Å²) in [6, 6.07) is 6.61. The number of aromatic nitrogens is 2. The molecule has 17 heavy (non-hydrogen) atoms. The van der Waals surface area contributed by atoms with Crippen molar-refractivity contribution >= 4 is 0 Å². The minimum absolute atomic E-state index is 0.272. The van der Waals surface area contributed by atoms with E-state index in [1.807, 2.05) is 24.7 Å². The normalized spacial score (nSPS) is 14.6. The van der Waals surface area contributed by atoms with Crippen molar-refractivity contribution in [2.75, 3.05) is 0 Å². The molecule has 0 bridgehead atoms. The summed E-state index contributed by atoms with van der Waals surface area (Å²) in [5.74, 6) is 0.574. The van der Waals surface area contributed by atoms with Crippen LogP contribution in [0, 0.1) is 5.82 Å². The van der Waals surface area contributed by atoms with Crippen molar-refractivity contribution < 1.29 is 4.39 Å². The SMILES string of the molecule is Cn1ccnc1CC(C)(N)c1ccccc1F. The lowest BCUT2D eigenvalue weighted by Crippen LogP contribution is -2.37. The number of benzene rings is 1. The molecule has 3 nitrogen and oxygen atoms in total. The summed E-state index contributed by atoms with van der Waals surface area (Å²) in [5, 5.41) is 0. The van der Waals surface area contributed by atoms with Crippen molar-refractivity contribution in [3.8, 4) is 0 Å². The minimum atomic E-state index is -0.759. The third-order valence-electron chi connectivity index (χ3n) is 2.94. The van der Waals surface area contributed by atoms with Gasteiger partial charge in [-0.15, -0.1) is 0 Å². The fraction of sp³-hybridized carbons (Fsp3) is 0.308. The molecular formula is C13H16FN3. The van der Waals surface area contributed by atoms with Crippen molar-refractivity contribution in [1.82, 2.24) is 9.55 Å². The molecule has 0 saturated carbocycles. The van der Waals surface area contributed by atoms with Crippen molar-refractivity contribution in [2.24, 2.45) is 12.8 Å². The fourth-order valence-corrected chi connectivity index (χ4v) is 1.91. The molecule has 1 aromatic heterocycles. The van der Waals surface area contributed by atoms with Crippen molar-refractivity contribution in [1.29, 1.82) is 0 Å². The number of imidazole rings is 1. The van der Waals surface area contributed by atoms with Crippen molar-refractivity contribution in [3.05, 3.63) is 53.9 Å². The number of halogens is 1. The van der Waals surface area contributed by atoms with Crippen LogP contribution in [0.3, 0.4) is 0 Å². The molecule has 2 rings (SSSR count). The Kier molecular flexibility index (Phi) is 2.98. The first-order valence-electron chi connectivity index (χ1n) is 5.51. The van der Waals surface area contributed by atoms with Crippen molar-refractivity contribution in [3.63, 3.8) is 0 Å². The van der Waals surface area contributed by atoms with E-state index in [4.69, 9.17) is 5.73 Å². The predicted octanol–water partition coefficient (Wildman–Crippen LogP) is 1.98. The second kappa shape index (κ2) is 4.30. The van der Waals surface area contributed by atoms with Crippen LogP contribution in [0.15, 0.2) is 36.7 Å². The number of hydrogen-bond acceptors (Lipinski definition) is 2. The lowest BCUT2D eigenvalue weighted by atomic mass is 9.89. The van der Waals surface area contributed by atoms with E-state index in [1.54, 1.807) is 24.4 Å². The van der Waals surface area contributed by atoms with E-state index in [2.05, 4.69) is 4.98 Å². The average Bonchev–Trinajstić information content (AvgIpc) is 2.64. The third kappa shape index (κ3) is 2.36. The molecule has 0 aliphatic carbocycles. The monoisotopic (exact) mass is 233 g/mol. The zero-order valence-corrected chi connectivity index (χ0v) is 10.0. The van der Waals surface area contributed by atoms with Crippen LogP contribution in [0.5, 0.6) is 0 Å². The van der Waals surface area contributed by atoms with Gasteiger partial charge in [0.25, 0.3) is 0 Å². The lowest BCUT2D eigenvalue weighted by molar-refractivity contribution is 0.442. The van der Waals surface area contributed by atoms with E-state index in [0.29, 0.717) is 12.0 Å². The van der Waals surface area contributed by atoms with E-state index in [9.17, 15) is 4.39 Å². The maximum absolute atomic E-state index is 13.7. The van der Waals surface area contributed by atoms with E-state index in [-0.39, 0.29) is 5.82 Å². The summed E-state index contributed by atoms with van der Waals surface area (Å²) >= 11 is 0. The van der Waals surface area contributed by atoms with Gasteiger partial charge < -0.3 is 10.3 Å². The number of hydrogen-bond donors (Lipinski definition) is 1. The Morgan fingerprint density at radius 2 is 2.12 bits per heavy atom. The fourth-order valence-electron chi connectivity index (χ4n) is 1.91. The molecule has 0 spiro atoms. The summed E-state index contributed by atoms with van der Waals surface area (Å²) in [6.07, 6.45) is 4.07. The minimum Gasteiger partial charge on any atom is -0.338 e. The molecule has 2 N–H and O–H groups in total. The van der Waals surface area contributed by atoms with Crippen LogP contribution in [0.2, 0.25) is 0 Å². The van der Waals surface area contributed by atoms with Gasteiger partial charge in [0.05, 0.1) is 0 Å². The molecule has 0 aliphatic heterocycles. The molecule has 2 aromatic rings. The highest BCUT2D eigenvalue weighted by molar-refractivity contribution is 5.26. The standard InChI is InChI=1S/C13H16FN3/c1-13(15,9-12-16-7-8-17(12)2)10-5-3-4-6-11(10)14/h3-8H,9,15H2,1-2H3. The first-order valence-corrected chi connectivity index (χ1v) is 5.51. The van der Waals surface area contributed by atoms with Gasteiger partial charge in [0.2, 0.25) is 0 Å². The Hall–Kier alpha value is -1.68. The molecule has 1 unspecified atom stereocenters. The lowest BCUT2D eigenvalue weighted by Gasteiger charge is -2.25. The number of nitrogens with two attached hydrogens (primary N) is 1. The van der Waals surface area contributed by atoms with Crippen LogP contribution in [0.1, 0.15) is 18.3 Å². The number of nitrogens with zero attached hydrogens (tertiary/aromatic N) is 2. The topological polar surface area (TPSA) is 43.8 Å². The van der Waals surface area contributed by atoms with E-state index in [0.717, 1.165) is 5.82 Å². The summed E-state index contributed by atoms with van der Waals surface area (Å²) in [6.45, 7) is 1.82. The zero-order chi connectivity index (χ0) is 12.5. The van der Waals surface area contributed by atoms with Gasteiger partial charge in [-0.1, -0.05) is 18.2 Å². The molecule has 0 aliphatic rings. The zero-order valence-electron chi connectivity index (χ0n) is 10.0. The third-order valence-corrected chi connectivity index (χ3v) is 2.94. The summed E-state index contributed by atoms with van der Waals surface area (Å²) < 4.78 is 15.6. The number of aryl methyl sites for hydroxylation is 1. The summed E-state index contributed by atoms with van der Waals surface area (Å²) in [7, 11) is 1.90. The molecule has 1 atom stereocenters. The molecule has 0 radical (unpaired) electrons. The quantitative estimate of drug-likeness (QED) is 0.881. The second-order valence-electron chi connectivity index (χ2n) is 4.53. The maximum Gasteiger partial charge on any atom is 0.128 e. The first-order chi connectivity index (χ1) is 8.00. The highest BCUT2D eigenvalue weighted by Crippen LogP contribution is 2.24.